The highest BCUT2D eigenvalue weighted by atomic mass is 32.2. The maximum atomic E-state index is 12.7. The number of amides is 1. The monoisotopic (exact) mass is 459 g/mol. The standard InChI is InChI=1S/C22H25N3O4S2/c1-5-16-13(4)18(21(28)29-7-3)19(31-16)24-17(26)12-30-22-23-15-11-9-8-10-14(15)20(27)25(22)6-2/h8-11H,5-7,12H2,1-4H3,(H,24,26). The van der Waals surface area contributed by atoms with Gasteiger partial charge in [0.1, 0.15) is 5.00 Å². The van der Waals surface area contributed by atoms with Crippen molar-refractivity contribution < 1.29 is 14.3 Å². The molecule has 3 rings (SSSR count). The van der Waals surface area contributed by atoms with E-state index in [1.807, 2.05) is 26.8 Å². The highest BCUT2D eigenvalue weighted by Gasteiger charge is 2.23. The lowest BCUT2D eigenvalue weighted by atomic mass is 10.1. The molecule has 0 aliphatic heterocycles. The van der Waals surface area contributed by atoms with Gasteiger partial charge in [0.15, 0.2) is 5.16 Å². The first-order valence-electron chi connectivity index (χ1n) is 10.1. The minimum Gasteiger partial charge on any atom is -0.462 e. The van der Waals surface area contributed by atoms with Crippen LogP contribution < -0.4 is 10.9 Å². The van der Waals surface area contributed by atoms with Crippen molar-refractivity contribution in [1.29, 1.82) is 0 Å². The van der Waals surface area contributed by atoms with Gasteiger partial charge >= 0.3 is 5.97 Å². The van der Waals surface area contributed by atoms with Crippen molar-refractivity contribution in [2.24, 2.45) is 0 Å². The zero-order chi connectivity index (χ0) is 22.5. The Labute approximate surface area is 188 Å². The summed E-state index contributed by atoms with van der Waals surface area (Å²) in [7, 11) is 0. The molecule has 2 aromatic heterocycles. The van der Waals surface area contributed by atoms with Crippen LogP contribution in [0.3, 0.4) is 0 Å². The summed E-state index contributed by atoms with van der Waals surface area (Å²) in [5.74, 6) is -0.648. The predicted molar refractivity (Wildman–Crippen MR) is 125 cm³/mol. The Kier molecular flexibility index (Phi) is 7.50. The van der Waals surface area contributed by atoms with Crippen LogP contribution >= 0.6 is 23.1 Å². The Balaban J connectivity index is 1.81. The summed E-state index contributed by atoms with van der Waals surface area (Å²) < 4.78 is 6.73. The van der Waals surface area contributed by atoms with E-state index < -0.39 is 5.97 Å². The van der Waals surface area contributed by atoms with Crippen LogP contribution in [0.1, 0.15) is 41.6 Å². The minimum atomic E-state index is -0.435. The molecule has 31 heavy (non-hydrogen) atoms. The van der Waals surface area contributed by atoms with Crippen LogP contribution in [0.4, 0.5) is 5.00 Å². The normalized spacial score (nSPS) is 11.0. The van der Waals surface area contributed by atoms with Gasteiger partial charge in [-0.3, -0.25) is 14.2 Å². The molecule has 1 aromatic carbocycles. The fraction of sp³-hybridized carbons (Fsp3) is 0.364. The number of esters is 1. The second kappa shape index (κ2) is 10.1. The number of fused-ring (bicyclic) bond motifs is 1. The van der Waals surface area contributed by atoms with Crippen molar-refractivity contribution in [3.8, 4) is 0 Å². The lowest BCUT2D eigenvalue weighted by molar-refractivity contribution is -0.113. The predicted octanol–water partition coefficient (Wildman–Crippen LogP) is 4.26. The summed E-state index contributed by atoms with van der Waals surface area (Å²) in [4.78, 5) is 43.4. The summed E-state index contributed by atoms with van der Waals surface area (Å²) in [5.41, 5.74) is 1.73. The number of carbonyl (C=O) groups is 2. The van der Waals surface area contributed by atoms with Crippen LogP contribution in [-0.2, 0) is 22.5 Å². The van der Waals surface area contributed by atoms with Gasteiger partial charge in [0.2, 0.25) is 5.91 Å². The maximum absolute atomic E-state index is 12.7. The Bertz CT molecular complexity index is 1180. The molecule has 0 fully saturated rings. The third-order valence-corrected chi connectivity index (χ3v) is 7.10. The number of anilines is 1. The molecule has 0 aliphatic carbocycles. The van der Waals surface area contributed by atoms with E-state index in [9.17, 15) is 14.4 Å². The molecule has 0 unspecified atom stereocenters. The van der Waals surface area contributed by atoms with Crippen molar-refractivity contribution in [3.63, 3.8) is 0 Å². The van der Waals surface area contributed by atoms with Crippen molar-refractivity contribution in [2.45, 2.75) is 45.8 Å². The number of hydrogen-bond donors (Lipinski definition) is 1. The van der Waals surface area contributed by atoms with Crippen LogP contribution in [-0.4, -0.2) is 33.8 Å². The first kappa shape index (κ1) is 23.0. The molecule has 164 valence electrons. The van der Waals surface area contributed by atoms with E-state index in [4.69, 9.17) is 4.74 Å². The average molecular weight is 460 g/mol. The van der Waals surface area contributed by atoms with Gasteiger partial charge < -0.3 is 10.1 Å². The molecule has 0 saturated carbocycles. The van der Waals surface area contributed by atoms with Gasteiger partial charge in [-0.2, -0.15) is 0 Å². The quantitative estimate of drug-likeness (QED) is 0.308. The minimum absolute atomic E-state index is 0.0610. The second-order valence-electron chi connectivity index (χ2n) is 6.73. The third-order valence-electron chi connectivity index (χ3n) is 4.77. The van der Waals surface area contributed by atoms with Gasteiger partial charge in [-0.15, -0.1) is 11.3 Å². The van der Waals surface area contributed by atoms with Gasteiger partial charge in [0.25, 0.3) is 5.56 Å². The van der Waals surface area contributed by atoms with Crippen molar-refractivity contribution >= 4 is 50.9 Å². The molecular formula is C22H25N3O4S2. The van der Waals surface area contributed by atoms with Crippen LogP contribution in [0, 0.1) is 6.92 Å². The van der Waals surface area contributed by atoms with Gasteiger partial charge in [0.05, 0.1) is 28.8 Å². The van der Waals surface area contributed by atoms with Crippen LogP contribution in [0.25, 0.3) is 10.9 Å². The van der Waals surface area contributed by atoms with Gasteiger partial charge in [-0.05, 0) is 44.9 Å². The zero-order valence-corrected chi connectivity index (χ0v) is 19.6. The number of para-hydroxylation sites is 1. The number of thioether (sulfide) groups is 1. The Morgan fingerprint density at radius 1 is 1.23 bits per heavy atom. The Morgan fingerprint density at radius 2 is 1.97 bits per heavy atom. The van der Waals surface area contributed by atoms with Gasteiger partial charge in [-0.25, -0.2) is 9.78 Å². The van der Waals surface area contributed by atoms with Crippen LogP contribution in [0.2, 0.25) is 0 Å². The van der Waals surface area contributed by atoms with E-state index in [1.165, 1.54) is 23.1 Å². The summed E-state index contributed by atoms with van der Waals surface area (Å²) in [6.45, 7) is 8.21. The number of aromatic nitrogens is 2. The fourth-order valence-electron chi connectivity index (χ4n) is 3.26. The number of hydrogen-bond acceptors (Lipinski definition) is 7. The van der Waals surface area contributed by atoms with Crippen molar-refractivity contribution in [2.75, 3.05) is 17.7 Å². The van der Waals surface area contributed by atoms with Crippen molar-refractivity contribution in [3.05, 3.63) is 50.6 Å². The van der Waals surface area contributed by atoms with Gasteiger partial charge in [0, 0.05) is 11.4 Å². The summed E-state index contributed by atoms with van der Waals surface area (Å²) in [5, 5.41) is 4.39. The fourth-order valence-corrected chi connectivity index (χ4v) is 5.28. The number of carbonyl (C=O) groups excluding carboxylic acids is 2. The summed E-state index contributed by atoms with van der Waals surface area (Å²) in [6, 6.07) is 7.17. The molecule has 3 aromatic rings. The maximum Gasteiger partial charge on any atom is 0.341 e. The first-order valence-corrected chi connectivity index (χ1v) is 11.9. The number of nitrogens with one attached hydrogen (secondary N) is 1. The molecular weight excluding hydrogens is 434 g/mol. The smallest absolute Gasteiger partial charge is 0.341 e. The van der Waals surface area contributed by atoms with E-state index in [2.05, 4.69) is 10.3 Å². The molecule has 1 amide bonds. The molecule has 1 N–H and O–H groups in total. The molecule has 0 radical (unpaired) electrons. The topological polar surface area (TPSA) is 90.3 Å². The lowest BCUT2D eigenvalue weighted by Gasteiger charge is -2.11. The van der Waals surface area contributed by atoms with E-state index in [0.29, 0.717) is 33.2 Å². The number of benzene rings is 1. The van der Waals surface area contributed by atoms with Crippen LogP contribution in [0.5, 0.6) is 0 Å². The Morgan fingerprint density at radius 3 is 2.65 bits per heavy atom. The van der Waals surface area contributed by atoms with E-state index in [0.717, 1.165) is 16.9 Å². The average Bonchev–Trinajstić information content (AvgIpc) is 3.07. The summed E-state index contributed by atoms with van der Waals surface area (Å²) in [6.07, 6.45) is 0.761. The van der Waals surface area contributed by atoms with Crippen molar-refractivity contribution in [1.82, 2.24) is 9.55 Å². The number of ether oxygens (including phenoxy) is 1. The molecule has 2 heterocycles. The molecule has 0 aliphatic rings. The number of rotatable bonds is 8. The molecule has 0 saturated heterocycles. The van der Waals surface area contributed by atoms with E-state index in [-0.39, 0.29) is 23.8 Å². The highest BCUT2D eigenvalue weighted by Crippen LogP contribution is 2.34. The van der Waals surface area contributed by atoms with E-state index >= 15 is 0 Å². The zero-order valence-electron chi connectivity index (χ0n) is 18.0. The summed E-state index contributed by atoms with van der Waals surface area (Å²) >= 11 is 2.59. The number of thiophene rings is 1. The molecule has 0 atom stereocenters. The number of aryl methyl sites for hydroxylation is 1. The molecule has 0 spiro atoms. The molecule has 7 nitrogen and oxygen atoms in total. The van der Waals surface area contributed by atoms with Crippen LogP contribution in [0.15, 0.2) is 34.2 Å². The second-order valence-corrected chi connectivity index (χ2v) is 8.77. The largest absolute Gasteiger partial charge is 0.462 e. The van der Waals surface area contributed by atoms with E-state index in [1.54, 1.807) is 29.7 Å². The Hall–Kier alpha value is -2.65. The molecule has 9 heteroatoms. The van der Waals surface area contributed by atoms with Gasteiger partial charge in [-0.1, -0.05) is 30.8 Å². The number of nitrogens with zero attached hydrogens (tertiary/aromatic N) is 2. The third kappa shape index (κ3) is 4.83. The molecule has 0 bridgehead atoms. The first-order chi connectivity index (χ1) is 14.9. The lowest BCUT2D eigenvalue weighted by Crippen LogP contribution is -2.23. The highest BCUT2D eigenvalue weighted by molar-refractivity contribution is 7.99. The SMILES string of the molecule is CCOC(=O)c1c(NC(=O)CSc2nc3ccccc3c(=O)n2CC)sc(CC)c1C.